The zero-order valence-corrected chi connectivity index (χ0v) is 22.2. The van der Waals surface area contributed by atoms with Gasteiger partial charge in [-0.2, -0.15) is 4.31 Å². The topological polar surface area (TPSA) is 138 Å². The number of aliphatic hydroxyl groups is 2. The molecule has 3 N–H and O–H groups in total. The molecule has 14 heteroatoms. The van der Waals surface area contributed by atoms with Crippen molar-refractivity contribution in [3.8, 4) is 11.5 Å². The van der Waals surface area contributed by atoms with Gasteiger partial charge in [0.25, 0.3) is 5.91 Å². The van der Waals surface area contributed by atoms with Crippen LogP contribution in [0.25, 0.3) is 6.08 Å². The molecule has 1 amide bonds. The highest BCUT2D eigenvalue weighted by molar-refractivity contribution is 7.92. The van der Waals surface area contributed by atoms with E-state index in [-0.39, 0.29) is 43.9 Å². The third-order valence-electron chi connectivity index (χ3n) is 6.54. The van der Waals surface area contributed by atoms with Crippen LogP contribution < -0.4 is 14.8 Å². The summed E-state index contributed by atoms with van der Waals surface area (Å²) in [5.41, 5.74) is 0.380. The molecule has 2 aromatic rings. The number of carbonyl (C=O) groups is 1. The summed E-state index contributed by atoms with van der Waals surface area (Å²) in [5, 5.41) is 22.0. The lowest BCUT2D eigenvalue weighted by atomic mass is 9.89. The molecule has 1 atom stereocenters. The highest BCUT2D eigenvalue weighted by Gasteiger charge is 2.47. The van der Waals surface area contributed by atoms with Crippen LogP contribution in [-0.4, -0.2) is 79.0 Å². The van der Waals surface area contributed by atoms with Gasteiger partial charge in [-0.25, -0.2) is 8.42 Å². The van der Waals surface area contributed by atoms with Crippen LogP contribution in [0.5, 0.6) is 11.5 Å². The molecule has 0 radical (unpaired) electrons. The minimum absolute atomic E-state index is 0.0209. The number of rotatable bonds is 9. The number of ether oxygens (including phenoxy) is 2. The number of amides is 1. The monoisotopic (exact) mass is 583 g/mol. The Kier molecular flexibility index (Phi) is 8.54. The number of hydrogen-bond acceptors (Lipinski definition) is 8. The van der Waals surface area contributed by atoms with E-state index in [1.165, 1.54) is 22.5 Å². The molecule has 1 spiro atoms. The van der Waals surface area contributed by atoms with Crippen molar-refractivity contribution in [2.24, 2.45) is 4.99 Å². The summed E-state index contributed by atoms with van der Waals surface area (Å²) in [7, 11) is -3.83. The third-order valence-corrected chi connectivity index (χ3v) is 8.11. The summed E-state index contributed by atoms with van der Waals surface area (Å²) >= 11 is 0. The first-order chi connectivity index (χ1) is 18.8. The quantitative estimate of drug-likeness (QED) is 0.412. The third kappa shape index (κ3) is 6.99. The summed E-state index contributed by atoms with van der Waals surface area (Å²) in [6.07, 6.45) is -4.23. The lowest BCUT2D eigenvalue weighted by Gasteiger charge is -2.34. The molecule has 0 bridgehead atoms. The molecule has 2 heterocycles. The van der Waals surface area contributed by atoms with Crippen molar-refractivity contribution in [3.63, 3.8) is 0 Å². The summed E-state index contributed by atoms with van der Waals surface area (Å²) in [6, 6.07) is 10.1. The Morgan fingerprint density at radius 2 is 1.90 bits per heavy atom. The Labute approximate surface area is 228 Å². The fourth-order valence-corrected chi connectivity index (χ4v) is 5.54. The Bertz CT molecular complexity index is 1420. The number of aryl methyl sites for hydroxylation is 1. The molecule has 0 saturated carbocycles. The Morgan fingerprint density at radius 3 is 2.55 bits per heavy atom. The van der Waals surface area contributed by atoms with Gasteiger partial charge in [0.15, 0.2) is 0 Å². The van der Waals surface area contributed by atoms with E-state index in [1.807, 2.05) is 0 Å². The van der Waals surface area contributed by atoms with Crippen LogP contribution in [0, 0.1) is 6.92 Å². The van der Waals surface area contributed by atoms with Gasteiger partial charge in [0, 0.05) is 24.1 Å². The largest absolute Gasteiger partial charge is 0.573 e. The van der Waals surface area contributed by atoms with E-state index in [9.17, 15) is 31.5 Å². The van der Waals surface area contributed by atoms with Gasteiger partial charge in [0.05, 0.1) is 6.61 Å². The molecule has 0 unspecified atom stereocenters. The van der Waals surface area contributed by atoms with E-state index in [0.717, 1.165) is 23.1 Å². The Morgan fingerprint density at radius 1 is 1.18 bits per heavy atom. The SMILES string of the molecule is Cc1cc(OC[C@H](O)CO)ccc1C=CS(=O)(=O)N1CCC2(CC1)N=C(c1cccc(OC(F)(F)F)c1)NC2=O. The van der Waals surface area contributed by atoms with Crippen LogP contribution in [0.2, 0.25) is 0 Å². The number of sulfonamides is 1. The van der Waals surface area contributed by atoms with E-state index in [2.05, 4.69) is 15.0 Å². The lowest BCUT2D eigenvalue weighted by Crippen LogP contribution is -2.50. The van der Waals surface area contributed by atoms with Gasteiger partial charge in [-0.05, 0) is 61.2 Å². The number of benzene rings is 2. The number of halogens is 3. The van der Waals surface area contributed by atoms with Gasteiger partial charge in [-0.3, -0.25) is 9.79 Å². The average molecular weight is 584 g/mol. The summed E-state index contributed by atoms with van der Waals surface area (Å²) in [5.74, 6) is -0.335. The molecule has 0 aliphatic carbocycles. The molecule has 1 fully saturated rings. The second-order valence-corrected chi connectivity index (χ2v) is 11.3. The molecule has 2 aromatic carbocycles. The standard InChI is InChI=1S/C26H28F3N3O7S/c1-17-13-21(38-16-20(34)15-33)6-5-18(17)7-12-40(36,37)32-10-8-25(9-11-32)24(35)30-23(31-25)19-3-2-4-22(14-19)39-26(27,28)29/h2-7,12-14,20,33-34H,8-11,15-16H2,1H3,(H,30,31,35)/t20-/m1/s1. The van der Waals surface area contributed by atoms with Crippen LogP contribution >= 0.6 is 0 Å². The van der Waals surface area contributed by atoms with Crippen molar-refractivity contribution in [3.05, 3.63) is 64.6 Å². The molecule has 10 nitrogen and oxygen atoms in total. The van der Waals surface area contributed by atoms with E-state index in [0.29, 0.717) is 11.3 Å². The van der Waals surface area contributed by atoms with Gasteiger partial charge in [-0.15, -0.1) is 13.2 Å². The first kappa shape index (κ1) is 29.5. The van der Waals surface area contributed by atoms with Gasteiger partial charge >= 0.3 is 6.36 Å². The van der Waals surface area contributed by atoms with Crippen molar-refractivity contribution < 1.29 is 46.1 Å². The van der Waals surface area contributed by atoms with Crippen LogP contribution in [0.15, 0.2) is 52.9 Å². The molecule has 4 rings (SSSR count). The second kappa shape index (κ2) is 11.6. The Hall–Kier alpha value is -3.46. The van der Waals surface area contributed by atoms with Crippen molar-refractivity contribution >= 4 is 27.8 Å². The summed E-state index contributed by atoms with van der Waals surface area (Å²) < 4.78 is 74.3. The molecule has 0 aromatic heterocycles. The zero-order valence-electron chi connectivity index (χ0n) is 21.4. The number of amidine groups is 1. The van der Waals surface area contributed by atoms with Crippen LogP contribution in [0.1, 0.15) is 29.5 Å². The normalized spacial score (nSPS) is 18.6. The van der Waals surface area contributed by atoms with E-state index < -0.39 is 46.3 Å². The molecule has 2 aliphatic heterocycles. The summed E-state index contributed by atoms with van der Waals surface area (Å²) in [6.45, 7) is 1.30. The molecule has 2 aliphatic rings. The zero-order chi connectivity index (χ0) is 29.1. The lowest BCUT2D eigenvalue weighted by molar-refractivity contribution is -0.274. The van der Waals surface area contributed by atoms with Crippen LogP contribution in [0.3, 0.4) is 0 Å². The molecule has 1 saturated heterocycles. The maximum Gasteiger partial charge on any atom is 0.573 e. The number of nitrogens with one attached hydrogen (secondary N) is 1. The predicted octanol–water partition coefficient (Wildman–Crippen LogP) is 2.34. The molecular weight excluding hydrogens is 555 g/mol. The molecule has 216 valence electrons. The number of carbonyl (C=O) groups excluding carboxylic acids is 1. The van der Waals surface area contributed by atoms with E-state index in [1.54, 1.807) is 25.1 Å². The van der Waals surface area contributed by atoms with E-state index >= 15 is 0 Å². The van der Waals surface area contributed by atoms with Gasteiger partial charge in [-0.1, -0.05) is 18.2 Å². The number of nitrogens with zero attached hydrogens (tertiary/aromatic N) is 2. The first-order valence-corrected chi connectivity index (χ1v) is 13.8. The minimum Gasteiger partial charge on any atom is -0.491 e. The maximum atomic E-state index is 13.0. The number of aliphatic imine (C=N–C) groups is 1. The highest BCUT2D eigenvalue weighted by Crippen LogP contribution is 2.33. The fraction of sp³-hybridized carbons (Fsp3) is 0.385. The number of aliphatic hydroxyl groups excluding tert-OH is 2. The highest BCUT2D eigenvalue weighted by atomic mass is 32.2. The van der Waals surface area contributed by atoms with E-state index in [4.69, 9.17) is 9.84 Å². The van der Waals surface area contributed by atoms with Crippen molar-refractivity contribution in [1.29, 1.82) is 0 Å². The average Bonchev–Trinajstić information content (AvgIpc) is 3.21. The predicted molar refractivity (Wildman–Crippen MR) is 139 cm³/mol. The van der Waals surface area contributed by atoms with Gasteiger partial charge < -0.3 is 25.0 Å². The number of alkyl halides is 3. The van der Waals surface area contributed by atoms with Gasteiger partial charge in [0.2, 0.25) is 10.0 Å². The number of hydrogen-bond donors (Lipinski definition) is 3. The Balaban J connectivity index is 1.41. The maximum absolute atomic E-state index is 13.0. The smallest absolute Gasteiger partial charge is 0.491 e. The minimum atomic E-state index is -4.87. The molecular formula is C26H28F3N3O7S. The number of piperidine rings is 1. The first-order valence-electron chi connectivity index (χ1n) is 12.3. The summed E-state index contributed by atoms with van der Waals surface area (Å²) in [4.78, 5) is 17.3. The van der Waals surface area contributed by atoms with Gasteiger partial charge in [0.1, 0.15) is 35.6 Å². The fourth-order valence-electron chi connectivity index (χ4n) is 4.36. The molecule has 40 heavy (non-hydrogen) atoms. The van der Waals surface area contributed by atoms with Crippen molar-refractivity contribution in [2.75, 3.05) is 26.3 Å². The van der Waals surface area contributed by atoms with Crippen LogP contribution in [-0.2, 0) is 14.8 Å². The van der Waals surface area contributed by atoms with Crippen LogP contribution in [0.4, 0.5) is 13.2 Å². The second-order valence-electron chi connectivity index (χ2n) is 9.43. The van der Waals surface area contributed by atoms with Crippen molar-refractivity contribution in [2.45, 2.75) is 37.8 Å². The van der Waals surface area contributed by atoms with Crippen molar-refractivity contribution in [1.82, 2.24) is 9.62 Å².